The lowest BCUT2D eigenvalue weighted by Gasteiger charge is -2.18. The Morgan fingerprint density at radius 2 is 2.06 bits per heavy atom. The van der Waals surface area contributed by atoms with E-state index in [4.69, 9.17) is 5.73 Å². The molecule has 0 aromatic carbocycles. The van der Waals surface area contributed by atoms with E-state index in [0.717, 1.165) is 17.0 Å². The van der Waals surface area contributed by atoms with Crippen LogP contribution in [0.2, 0.25) is 0 Å². The zero-order chi connectivity index (χ0) is 13.2. The van der Waals surface area contributed by atoms with Crippen molar-refractivity contribution in [3.05, 3.63) is 17.0 Å². The molecule has 1 aromatic heterocycles. The van der Waals surface area contributed by atoms with Gasteiger partial charge in [-0.2, -0.15) is 5.10 Å². The number of carbonyl (C=O) groups is 1. The maximum Gasteiger partial charge on any atom is 0.224 e. The molecular formula is C12H22N4O. The summed E-state index contributed by atoms with van der Waals surface area (Å²) < 4.78 is 1.80. The summed E-state index contributed by atoms with van der Waals surface area (Å²) in [6.45, 7) is 8.13. The summed E-state index contributed by atoms with van der Waals surface area (Å²) >= 11 is 0. The predicted octanol–water partition coefficient (Wildman–Crippen LogP) is 0.433. The first-order valence-corrected chi connectivity index (χ1v) is 5.75. The van der Waals surface area contributed by atoms with Gasteiger partial charge < -0.3 is 11.1 Å². The van der Waals surface area contributed by atoms with Crippen molar-refractivity contribution in [1.82, 2.24) is 15.1 Å². The molecule has 1 amide bonds. The first-order chi connectivity index (χ1) is 7.70. The van der Waals surface area contributed by atoms with Gasteiger partial charge in [-0.3, -0.25) is 9.48 Å². The van der Waals surface area contributed by atoms with Gasteiger partial charge in [-0.25, -0.2) is 0 Å². The van der Waals surface area contributed by atoms with Crippen molar-refractivity contribution in [2.75, 3.05) is 6.54 Å². The highest BCUT2D eigenvalue weighted by Gasteiger charge is 2.16. The lowest BCUT2D eigenvalue weighted by molar-refractivity contribution is -0.120. The first kappa shape index (κ1) is 13.7. The third kappa shape index (κ3) is 3.85. The van der Waals surface area contributed by atoms with E-state index in [-0.39, 0.29) is 11.4 Å². The van der Waals surface area contributed by atoms with Crippen molar-refractivity contribution in [3.63, 3.8) is 0 Å². The Balaban J connectivity index is 2.63. The van der Waals surface area contributed by atoms with Gasteiger partial charge in [-0.1, -0.05) is 0 Å². The number of nitrogens with two attached hydrogens (primary N) is 1. The van der Waals surface area contributed by atoms with E-state index in [1.54, 1.807) is 4.68 Å². The number of hydrogen-bond donors (Lipinski definition) is 2. The van der Waals surface area contributed by atoms with Crippen LogP contribution in [0.25, 0.3) is 0 Å². The second-order valence-corrected chi connectivity index (χ2v) is 5.22. The van der Waals surface area contributed by atoms with Crippen LogP contribution in [0.15, 0.2) is 0 Å². The van der Waals surface area contributed by atoms with Crippen LogP contribution in [0.4, 0.5) is 0 Å². The van der Waals surface area contributed by atoms with Gasteiger partial charge in [-0.15, -0.1) is 0 Å². The summed E-state index contributed by atoms with van der Waals surface area (Å²) in [6.07, 6.45) is 0.363. The van der Waals surface area contributed by atoms with Gasteiger partial charge in [0.05, 0.1) is 12.1 Å². The Hall–Kier alpha value is -1.36. The lowest BCUT2D eigenvalue weighted by Crippen LogP contribution is -2.45. The molecule has 0 unspecified atom stereocenters. The van der Waals surface area contributed by atoms with Crippen LogP contribution in [0.5, 0.6) is 0 Å². The standard InChI is InChI=1S/C12H22N4O/c1-8-10(9(2)16(5)15-8)6-11(17)14-7-12(3,4)13/h6-7,13H2,1-5H3,(H,14,17). The van der Waals surface area contributed by atoms with E-state index in [0.29, 0.717) is 13.0 Å². The Kier molecular flexibility index (Phi) is 3.93. The van der Waals surface area contributed by atoms with Gasteiger partial charge in [-0.05, 0) is 27.7 Å². The molecule has 0 bridgehead atoms. The van der Waals surface area contributed by atoms with E-state index in [1.807, 2.05) is 34.7 Å². The first-order valence-electron chi connectivity index (χ1n) is 5.75. The van der Waals surface area contributed by atoms with Crippen LogP contribution in [0.3, 0.4) is 0 Å². The molecule has 5 nitrogen and oxygen atoms in total. The van der Waals surface area contributed by atoms with Crippen LogP contribution in [-0.4, -0.2) is 27.8 Å². The smallest absolute Gasteiger partial charge is 0.224 e. The third-order valence-electron chi connectivity index (χ3n) is 2.74. The Morgan fingerprint density at radius 3 is 2.47 bits per heavy atom. The minimum Gasteiger partial charge on any atom is -0.354 e. The van der Waals surface area contributed by atoms with Gasteiger partial charge >= 0.3 is 0 Å². The van der Waals surface area contributed by atoms with E-state index >= 15 is 0 Å². The van der Waals surface area contributed by atoms with E-state index < -0.39 is 0 Å². The number of amides is 1. The van der Waals surface area contributed by atoms with Gasteiger partial charge in [0.15, 0.2) is 0 Å². The van der Waals surface area contributed by atoms with Crippen molar-refractivity contribution in [3.8, 4) is 0 Å². The molecular weight excluding hydrogens is 216 g/mol. The molecule has 0 saturated heterocycles. The van der Waals surface area contributed by atoms with Crippen molar-refractivity contribution in [2.45, 2.75) is 39.7 Å². The van der Waals surface area contributed by atoms with Crippen molar-refractivity contribution >= 4 is 5.91 Å². The van der Waals surface area contributed by atoms with Crippen molar-refractivity contribution in [2.24, 2.45) is 12.8 Å². The molecule has 0 fully saturated rings. The van der Waals surface area contributed by atoms with E-state index in [2.05, 4.69) is 10.4 Å². The van der Waals surface area contributed by atoms with E-state index in [1.165, 1.54) is 0 Å². The Bertz CT molecular complexity index is 415. The van der Waals surface area contributed by atoms with Crippen molar-refractivity contribution < 1.29 is 4.79 Å². The number of nitrogens with zero attached hydrogens (tertiary/aromatic N) is 2. The summed E-state index contributed by atoms with van der Waals surface area (Å²) in [5.74, 6) is -0.0114. The topological polar surface area (TPSA) is 72.9 Å². The molecule has 5 heteroatoms. The molecule has 0 aliphatic carbocycles. The highest BCUT2D eigenvalue weighted by atomic mass is 16.1. The monoisotopic (exact) mass is 238 g/mol. The third-order valence-corrected chi connectivity index (χ3v) is 2.74. The molecule has 0 atom stereocenters. The highest BCUT2D eigenvalue weighted by Crippen LogP contribution is 2.12. The fraction of sp³-hybridized carbons (Fsp3) is 0.667. The summed E-state index contributed by atoms with van der Waals surface area (Å²) in [5.41, 5.74) is 8.37. The van der Waals surface area contributed by atoms with Crippen LogP contribution in [-0.2, 0) is 18.3 Å². The molecule has 3 N–H and O–H groups in total. The molecule has 1 heterocycles. The normalized spacial score (nSPS) is 11.6. The fourth-order valence-electron chi connectivity index (χ4n) is 1.62. The quantitative estimate of drug-likeness (QED) is 0.799. The van der Waals surface area contributed by atoms with Crippen LogP contribution in [0, 0.1) is 13.8 Å². The van der Waals surface area contributed by atoms with Gasteiger partial charge in [0.2, 0.25) is 5.91 Å². The van der Waals surface area contributed by atoms with Crippen LogP contribution < -0.4 is 11.1 Å². The fourth-order valence-corrected chi connectivity index (χ4v) is 1.62. The number of carbonyl (C=O) groups excluding carboxylic acids is 1. The molecule has 0 aliphatic rings. The minimum absolute atomic E-state index is 0.0114. The van der Waals surface area contributed by atoms with Gasteiger partial charge in [0.1, 0.15) is 0 Å². The number of rotatable bonds is 4. The summed E-state index contributed by atoms with van der Waals surface area (Å²) in [6, 6.07) is 0. The molecule has 0 radical (unpaired) electrons. The second-order valence-electron chi connectivity index (χ2n) is 5.22. The second kappa shape index (κ2) is 4.87. The highest BCUT2D eigenvalue weighted by molar-refractivity contribution is 5.79. The molecule has 0 spiro atoms. The zero-order valence-corrected chi connectivity index (χ0v) is 11.3. The lowest BCUT2D eigenvalue weighted by atomic mass is 10.1. The molecule has 0 aliphatic heterocycles. The van der Waals surface area contributed by atoms with Gasteiger partial charge in [0, 0.05) is 30.4 Å². The average Bonchev–Trinajstić information content (AvgIpc) is 2.41. The minimum atomic E-state index is -0.380. The molecule has 1 aromatic rings. The molecule has 96 valence electrons. The van der Waals surface area contributed by atoms with Gasteiger partial charge in [0.25, 0.3) is 0 Å². The van der Waals surface area contributed by atoms with Crippen LogP contribution in [0.1, 0.15) is 30.8 Å². The average molecular weight is 238 g/mol. The summed E-state index contributed by atoms with van der Waals surface area (Å²) in [4.78, 5) is 11.8. The van der Waals surface area contributed by atoms with Crippen LogP contribution >= 0.6 is 0 Å². The number of aromatic nitrogens is 2. The molecule has 17 heavy (non-hydrogen) atoms. The Labute approximate surface area is 102 Å². The number of hydrogen-bond acceptors (Lipinski definition) is 3. The maximum absolute atomic E-state index is 11.8. The molecule has 0 saturated carbocycles. The number of nitrogens with one attached hydrogen (secondary N) is 1. The largest absolute Gasteiger partial charge is 0.354 e. The predicted molar refractivity (Wildman–Crippen MR) is 67.7 cm³/mol. The molecule has 1 rings (SSSR count). The van der Waals surface area contributed by atoms with Crippen molar-refractivity contribution in [1.29, 1.82) is 0 Å². The Morgan fingerprint density at radius 1 is 1.47 bits per heavy atom. The van der Waals surface area contributed by atoms with E-state index in [9.17, 15) is 4.79 Å². The zero-order valence-electron chi connectivity index (χ0n) is 11.3. The SMILES string of the molecule is Cc1nn(C)c(C)c1CC(=O)NCC(C)(C)N. The summed E-state index contributed by atoms with van der Waals surface area (Å²) in [5, 5.41) is 7.12. The number of aryl methyl sites for hydroxylation is 2. The maximum atomic E-state index is 11.8. The summed E-state index contributed by atoms with van der Waals surface area (Å²) in [7, 11) is 1.88.